The van der Waals surface area contributed by atoms with Crippen LogP contribution >= 0.6 is 0 Å². The maximum Gasteiger partial charge on any atom is 0.163 e. The molecule has 0 saturated carbocycles. The molecule has 0 N–H and O–H groups in total. The van der Waals surface area contributed by atoms with E-state index in [1.165, 1.54) is 16.7 Å². The van der Waals surface area contributed by atoms with Crippen LogP contribution in [0.3, 0.4) is 0 Å². The highest BCUT2D eigenvalue weighted by Gasteiger charge is 2.24. The van der Waals surface area contributed by atoms with Crippen molar-refractivity contribution in [1.82, 2.24) is 9.97 Å². The molecule has 0 amide bonds. The zero-order chi connectivity index (χ0) is 19.1. The van der Waals surface area contributed by atoms with Crippen molar-refractivity contribution in [2.24, 2.45) is 0 Å². The van der Waals surface area contributed by atoms with E-state index >= 15 is 0 Å². The summed E-state index contributed by atoms with van der Waals surface area (Å²) in [6, 6.07) is 11.1. The number of benzene rings is 1. The molecule has 0 saturated heterocycles. The number of fused-ring (bicyclic) bond motifs is 3. The maximum absolute atomic E-state index is 13.5. The molecular weight excluding hydrogens is 334 g/mol. The molecular formula is C23H24BFN2. The third-order valence-corrected chi connectivity index (χ3v) is 5.47. The minimum Gasteiger partial charge on any atom is -0.268 e. The van der Waals surface area contributed by atoms with Crippen LogP contribution in [0, 0.1) is 12.7 Å². The minimum absolute atomic E-state index is 0.203. The van der Waals surface area contributed by atoms with Crippen molar-refractivity contribution in [2.45, 2.75) is 46.0 Å². The van der Waals surface area contributed by atoms with Crippen molar-refractivity contribution in [3.05, 3.63) is 64.7 Å². The predicted molar refractivity (Wildman–Crippen MR) is 112 cm³/mol. The number of aryl methyl sites for hydroxylation is 1. The molecule has 1 aliphatic carbocycles. The Morgan fingerprint density at radius 1 is 1.00 bits per heavy atom. The summed E-state index contributed by atoms with van der Waals surface area (Å²) < 4.78 is 13.5. The Hall–Kier alpha value is -2.49. The Kier molecular flexibility index (Phi) is 4.59. The van der Waals surface area contributed by atoms with E-state index in [4.69, 9.17) is 9.97 Å². The van der Waals surface area contributed by atoms with Gasteiger partial charge >= 0.3 is 0 Å². The van der Waals surface area contributed by atoms with Gasteiger partial charge in [0.1, 0.15) is 5.82 Å². The fourth-order valence-corrected chi connectivity index (χ4v) is 4.23. The van der Waals surface area contributed by atoms with Gasteiger partial charge in [-0.15, -0.1) is 0 Å². The Labute approximate surface area is 161 Å². The highest BCUT2D eigenvalue weighted by atomic mass is 19.1. The van der Waals surface area contributed by atoms with Gasteiger partial charge in [0, 0.05) is 17.0 Å². The van der Waals surface area contributed by atoms with Gasteiger partial charge in [0.15, 0.2) is 7.85 Å². The predicted octanol–water partition coefficient (Wildman–Crippen LogP) is 4.13. The first-order valence-electron chi connectivity index (χ1n) is 9.72. The molecule has 0 aliphatic heterocycles. The number of rotatable bonds is 2. The average molecular weight is 358 g/mol. The Balaban J connectivity index is 2.06. The summed E-state index contributed by atoms with van der Waals surface area (Å²) in [4.78, 5) is 9.93. The molecule has 1 aromatic carbocycles. The lowest BCUT2D eigenvalue weighted by atomic mass is 9.87. The third kappa shape index (κ3) is 3.18. The summed E-state index contributed by atoms with van der Waals surface area (Å²) in [5.41, 5.74) is 10.3. The van der Waals surface area contributed by atoms with Crippen LogP contribution in [0.2, 0.25) is 0 Å². The zero-order valence-corrected chi connectivity index (χ0v) is 16.4. The second-order valence-electron chi connectivity index (χ2n) is 7.79. The summed E-state index contributed by atoms with van der Waals surface area (Å²) in [5, 5.41) is 0. The number of aromatic nitrogens is 2. The van der Waals surface area contributed by atoms with Gasteiger partial charge in [-0.25, -0.2) is 4.39 Å². The van der Waals surface area contributed by atoms with Gasteiger partial charge in [-0.2, -0.15) is 0 Å². The molecule has 136 valence electrons. The van der Waals surface area contributed by atoms with Crippen molar-refractivity contribution in [3.8, 4) is 22.4 Å². The molecule has 0 spiro atoms. The first-order valence-corrected chi connectivity index (χ1v) is 9.72. The van der Waals surface area contributed by atoms with Crippen LogP contribution in [0.15, 0.2) is 36.4 Å². The standard InChI is InChI=1S/C23H24BFN2/c1-13(2)22-14(3)21(15-7-9-16(25)10-8-15)18-5-4-6-19-17(23(18)27-22)11-12-20(24)26-19/h7-13H,4-6,24H2,1-3H3. The summed E-state index contributed by atoms with van der Waals surface area (Å²) in [6.07, 6.45) is 2.97. The van der Waals surface area contributed by atoms with E-state index in [-0.39, 0.29) is 5.82 Å². The number of pyridine rings is 2. The smallest absolute Gasteiger partial charge is 0.163 e. The fraction of sp³-hybridized carbons (Fsp3) is 0.304. The Morgan fingerprint density at radius 2 is 1.74 bits per heavy atom. The van der Waals surface area contributed by atoms with Crippen LogP contribution in [-0.4, -0.2) is 17.8 Å². The largest absolute Gasteiger partial charge is 0.268 e. The van der Waals surface area contributed by atoms with Crippen molar-refractivity contribution < 1.29 is 4.39 Å². The van der Waals surface area contributed by atoms with Gasteiger partial charge in [0.05, 0.1) is 5.69 Å². The maximum atomic E-state index is 13.5. The monoisotopic (exact) mass is 358 g/mol. The lowest BCUT2D eigenvalue weighted by Gasteiger charge is -2.21. The van der Waals surface area contributed by atoms with Crippen LogP contribution in [0.5, 0.6) is 0 Å². The lowest BCUT2D eigenvalue weighted by molar-refractivity contribution is 0.628. The van der Waals surface area contributed by atoms with Gasteiger partial charge in [0.2, 0.25) is 0 Å². The van der Waals surface area contributed by atoms with Gasteiger partial charge < -0.3 is 0 Å². The van der Waals surface area contributed by atoms with Crippen molar-refractivity contribution in [1.29, 1.82) is 0 Å². The van der Waals surface area contributed by atoms with E-state index in [9.17, 15) is 4.39 Å². The first kappa shape index (κ1) is 17.9. The summed E-state index contributed by atoms with van der Waals surface area (Å²) >= 11 is 0. The fourth-order valence-electron chi connectivity index (χ4n) is 4.23. The van der Waals surface area contributed by atoms with E-state index in [1.54, 1.807) is 12.1 Å². The highest BCUT2D eigenvalue weighted by molar-refractivity contribution is 6.30. The van der Waals surface area contributed by atoms with Crippen LogP contribution in [0.4, 0.5) is 4.39 Å². The van der Waals surface area contributed by atoms with Crippen LogP contribution in [-0.2, 0) is 12.8 Å². The molecule has 0 fully saturated rings. The molecule has 2 nitrogen and oxygen atoms in total. The second kappa shape index (κ2) is 6.92. The molecule has 4 rings (SSSR count). The van der Waals surface area contributed by atoms with Gasteiger partial charge in [-0.1, -0.05) is 38.1 Å². The van der Waals surface area contributed by atoms with E-state index in [2.05, 4.69) is 32.9 Å². The van der Waals surface area contributed by atoms with Crippen LogP contribution in [0.1, 0.15) is 48.7 Å². The van der Waals surface area contributed by atoms with Crippen LogP contribution in [0.25, 0.3) is 22.4 Å². The first-order chi connectivity index (χ1) is 13.0. The summed E-state index contributed by atoms with van der Waals surface area (Å²) in [5.74, 6) is 0.116. The quantitative estimate of drug-likeness (QED) is 0.644. The number of nitrogens with zero attached hydrogens (tertiary/aromatic N) is 2. The third-order valence-electron chi connectivity index (χ3n) is 5.47. The van der Waals surface area contributed by atoms with E-state index in [1.807, 2.05) is 20.0 Å². The van der Waals surface area contributed by atoms with Gasteiger partial charge in [0.25, 0.3) is 0 Å². The minimum atomic E-state index is -0.203. The topological polar surface area (TPSA) is 25.8 Å². The molecule has 0 bridgehead atoms. The zero-order valence-electron chi connectivity index (χ0n) is 16.4. The molecule has 3 aromatic rings. The summed E-state index contributed by atoms with van der Waals surface area (Å²) in [6.45, 7) is 6.52. The normalized spacial score (nSPS) is 13.2. The molecule has 2 aromatic heterocycles. The van der Waals surface area contributed by atoms with Gasteiger partial charge in [-0.3, -0.25) is 9.97 Å². The molecule has 2 heterocycles. The van der Waals surface area contributed by atoms with E-state index in [0.717, 1.165) is 53.1 Å². The summed E-state index contributed by atoms with van der Waals surface area (Å²) in [7, 11) is 2.04. The number of hydrogen-bond donors (Lipinski definition) is 0. The number of halogens is 1. The molecule has 0 atom stereocenters. The molecule has 27 heavy (non-hydrogen) atoms. The molecule has 0 radical (unpaired) electrons. The Morgan fingerprint density at radius 3 is 2.44 bits per heavy atom. The Bertz CT molecular complexity index is 1010. The molecule has 1 aliphatic rings. The van der Waals surface area contributed by atoms with Crippen molar-refractivity contribution >= 4 is 13.4 Å². The average Bonchev–Trinajstić information content (AvgIpc) is 2.80. The van der Waals surface area contributed by atoms with E-state index in [0.29, 0.717) is 5.92 Å². The van der Waals surface area contributed by atoms with Gasteiger partial charge in [-0.05, 0) is 72.1 Å². The molecule has 4 heteroatoms. The second-order valence-corrected chi connectivity index (χ2v) is 7.79. The van der Waals surface area contributed by atoms with E-state index < -0.39 is 0 Å². The van der Waals surface area contributed by atoms with Crippen molar-refractivity contribution in [2.75, 3.05) is 0 Å². The SMILES string of the molecule is Bc1ccc2c(n1)CCCc1c-2nc(C(C)C)c(C)c1-c1ccc(F)cc1. The lowest BCUT2D eigenvalue weighted by Crippen LogP contribution is -2.11. The highest BCUT2D eigenvalue weighted by Crippen LogP contribution is 2.40. The molecule has 0 unspecified atom stereocenters. The van der Waals surface area contributed by atoms with Crippen LogP contribution < -0.4 is 5.59 Å². The number of hydrogen-bond acceptors (Lipinski definition) is 2. The van der Waals surface area contributed by atoms with Crippen molar-refractivity contribution in [3.63, 3.8) is 0 Å².